The number of hydrogen-bond acceptors (Lipinski definition) is 3. The van der Waals surface area contributed by atoms with Crippen molar-refractivity contribution in [1.82, 2.24) is 0 Å². The van der Waals surface area contributed by atoms with Gasteiger partial charge in [-0.1, -0.05) is 30.3 Å². The van der Waals surface area contributed by atoms with Gasteiger partial charge in [0.2, 0.25) is 0 Å². The Morgan fingerprint density at radius 2 is 1.76 bits per heavy atom. The van der Waals surface area contributed by atoms with Crippen LogP contribution in [0.5, 0.6) is 11.5 Å². The molecule has 0 spiro atoms. The summed E-state index contributed by atoms with van der Waals surface area (Å²) in [7, 11) is 3.30. The van der Waals surface area contributed by atoms with Gasteiger partial charge in [-0.05, 0) is 48.1 Å². The van der Waals surface area contributed by atoms with Crippen molar-refractivity contribution >= 4 is 0 Å². The quantitative estimate of drug-likeness (QED) is 0.940. The number of methoxy groups -OCH3 is 2. The van der Waals surface area contributed by atoms with E-state index in [0.717, 1.165) is 36.3 Å². The highest BCUT2D eigenvalue weighted by Crippen LogP contribution is 2.41. The van der Waals surface area contributed by atoms with Crippen molar-refractivity contribution in [3.63, 3.8) is 0 Å². The number of hydrogen-bond donors (Lipinski definition) is 1. The van der Waals surface area contributed by atoms with E-state index in [9.17, 15) is 0 Å². The number of rotatable bonds is 3. The molecule has 1 aliphatic carbocycles. The molecule has 1 unspecified atom stereocenters. The van der Waals surface area contributed by atoms with Gasteiger partial charge in [-0.2, -0.15) is 0 Å². The Kier molecular flexibility index (Phi) is 3.60. The van der Waals surface area contributed by atoms with Crippen LogP contribution < -0.4 is 15.2 Å². The van der Waals surface area contributed by atoms with Gasteiger partial charge < -0.3 is 15.2 Å². The molecule has 0 fully saturated rings. The molecule has 0 amide bonds. The molecule has 3 nitrogen and oxygen atoms in total. The fourth-order valence-corrected chi connectivity index (χ4v) is 3.28. The molecule has 2 aromatic rings. The van der Waals surface area contributed by atoms with Crippen LogP contribution in [0.25, 0.3) is 0 Å². The highest BCUT2D eigenvalue weighted by atomic mass is 16.5. The maximum absolute atomic E-state index is 6.81. The van der Waals surface area contributed by atoms with Crippen molar-refractivity contribution in [2.75, 3.05) is 14.2 Å². The zero-order valence-electron chi connectivity index (χ0n) is 12.6. The molecule has 0 saturated heterocycles. The molecule has 0 saturated carbocycles. The summed E-state index contributed by atoms with van der Waals surface area (Å²) < 4.78 is 10.7. The van der Waals surface area contributed by atoms with E-state index in [1.54, 1.807) is 14.2 Å². The van der Waals surface area contributed by atoms with Gasteiger partial charge in [-0.25, -0.2) is 0 Å². The average Bonchev–Trinajstić information content (AvgIpc) is 2.54. The Labute approximate surface area is 125 Å². The van der Waals surface area contributed by atoms with Gasteiger partial charge >= 0.3 is 0 Å². The molecular weight excluding hydrogens is 262 g/mol. The second kappa shape index (κ2) is 5.41. The van der Waals surface area contributed by atoms with Gasteiger partial charge in [0.25, 0.3) is 0 Å². The van der Waals surface area contributed by atoms with Crippen LogP contribution in [0.3, 0.4) is 0 Å². The average molecular weight is 283 g/mol. The summed E-state index contributed by atoms with van der Waals surface area (Å²) in [6, 6.07) is 14.4. The minimum Gasteiger partial charge on any atom is -0.493 e. The largest absolute Gasteiger partial charge is 0.493 e. The van der Waals surface area contributed by atoms with Crippen molar-refractivity contribution in [2.24, 2.45) is 5.73 Å². The van der Waals surface area contributed by atoms with Gasteiger partial charge in [0, 0.05) is 0 Å². The van der Waals surface area contributed by atoms with Crippen LogP contribution in [0.2, 0.25) is 0 Å². The number of ether oxygens (including phenoxy) is 2. The molecule has 0 radical (unpaired) electrons. The molecular formula is C18H21NO2. The molecule has 0 bridgehead atoms. The number of nitrogens with two attached hydrogens (primary N) is 1. The molecule has 110 valence electrons. The van der Waals surface area contributed by atoms with Crippen LogP contribution in [0.4, 0.5) is 0 Å². The minimum absolute atomic E-state index is 0.450. The van der Waals surface area contributed by atoms with E-state index in [1.165, 1.54) is 11.1 Å². The first-order valence-electron chi connectivity index (χ1n) is 7.29. The molecule has 21 heavy (non-hydrogen) atoms. The van der Waals surface area contributed by atoms with E-state index >= 15 is 0 Å². The summed E-state index contributed by atoms with van der Waals surface area (Å²) >= 11 is 0. The summed E-state index contributed by atoms with van der Waals surface area (Å²) in [5.41, 5.74) is 10.0. The molecule has 0 aliphatic heterocycles. The maximum atomic E-state index is 6.81. The summed E-state index contributed by atoms with van der Waals surface area (Å²) in [4.78, 5) is 0. The lowest BCUT2D eigenvalue weighted by atomic mass is 9.73. The first-order chi connectivity index (χ1) is 10.2. The van der Waals surface area contributed by atoms with Crippen molar-refractivity contribution in [3.8, 4) is 11.5 Å². The maximum Gasteiger partial charge on any atom is 0.161 e. The molecule has 2 aromatic carbocycles. The Morgan fingerprint density at radius 3 is 2.52 bits per heavy atom. The smallest absolute Gasteiger partial charge is 0.161 e. The van der Waals surface area contributed by atoms with E-state index < -0.39 is 5.54 Å². The van der Waals surface area contributed by atoms with E-state index in [1.807, 2.05) is 18.2 Å². The number of benzene rings is 2. The molecule has 3 rings (SSSR count). The predicted molar refractivity (Wildman–Crippen MR) is 83.9 cm³/mol. The van der Waals surface area contributed by atoms with Crippen molar-refractivity contribution < 1.29 is 9.47 Å². The standard InChI is InChI=1S/C18H21NO2/c1-20-16-10-9-14(12-17(16)21-2)18(19)11-5-7-13-6-3-4-8-15(13)18/h3-4,6,8-10,12H,5,7,11,19H2,1-2H3. The topological polar surface area (TPSA) is 44.5 Å². The highest BCUT2D eigenvalue weighted by molar-refractivity contribution is 5.50. The lowest BCUT2D eigenvalue weighted by molar-refractivity contribution is 0.352. The first-order valence-corrected chi connectivity index (χ1v) is 7.29. The van der Waals surface area contributed by atoms with Gasteiger partial charge in [0.15, 0.2) is 11.5 Å². The molecule has 1 atom stereocenters. The summed E-state index contributed by atoms with van der Waals surface area (Å²) in [6.07, 6.45) is 3.14. The summed E-state index contributed by atoms with van der Waals surface area (Å²) in [5, 5.41) is 0. The minimum atomic E-state index is -0.450. The number of aryl methyl sites for hydroxylation is 1. The third kappa shape index (κ3) is 2.28. The van der Waals surface area contributed by atoms with Crippen molar-refractivity contribution in [3.05, 3.63) is 59.2 Å². The first kappa shape index (κ1) is 14.0. The van der Waals surface area contributed by atoms with Crippen LogP contribution in [0.1, 0.15) is 29.5 Å². The Bertz CT molecular complexity index is 653. The molecule has 1 aliphatic rings. The van der Waals surface area contributed by atoms with E-state index in [0.29, 0.717) is 0 Å². The predicted octanol–water partition coefficient (Wildman–Crippen LogP) is 3.24. The van der Waals surface area contributed by atoms with Crippen LogP contribution in [-0.2, 0) is 12.0 Å². The summed E-state index contributed by atoms with van der Waals surface area (Å²) in [5.74, 6) is 1.46. The van der Waals surface area contributed by atoms with Crippen LogP contribution >= 0.6 is 0 Å². The second-order valence-electron chi connectivity index (χ2n) is 5.55. The monoisotopic (exact) mass is 283 g/mol. The van der Waals surface area contributed by atoms with E-state index in [4.69, 9.17) is 15.2 Å². The third-order valence-electron chi connectivity index (χ3n) is 4.41. The Hall–Kier alpha value is -2.00. The van der Waals surface area contributed by atoms with Gasteiger partial charge in [0.05, 0.1) is 19.8 Å². The van der Waals surface area contributed by atoms with E-state index in [-0.39, 0.29) is 0 Å². The fraction of sp³-hybridized carbons (Fsp3) is 0.333. The molecule has 2 N–H and O–H groups in total. The third-order valence-corrected chi connectivity index (χ3v) is 4.41. The normalized spacial score (nSPS) is 20.7. The summed E-state index contributed by atoms with van der Waals surface area (Å²) in [6.45, 7) is 0. The van der Waals surface area contributed by atoms with Gasteiger partial charge in [0.1, 0.15) is 0 Å². The van der Waals surface area contributed by atoms with Crippen molar-refractivity contribution in [1.29, 1.82) is 0 Å². The highest BCUT2D eigenvalue weighted by Gasteiger charge is 2.34. The Morgan fingerprint density at radius 1 is 1.00 bits per heavy atom. The van der Waals surface area contributed by atoms with Gasteiger partial charge in [-0.3, -0.25) is 0 Å². The zero-order chi connectivity index (χ0) is 14.9. The Balaban J connectivity index is 2.12. The molecule has 0 heterocycles. The zero-order valence-corrected chi connectivity index (χ0v) is 12.6. The van der Waals surface area contributed by atoms with Crippen LogP contribution in [0, 0.1) is 0 Å². The number of fused-ring (bicyclic) bond motifs is 1. The molecule has 0 aromatic heterocycles. The van der Waals surface area contributed by atoms with Crippen molar-refractivity contribution in [2.45, 2.75) is 24.8 Å². The van der Waals surface area contributed by atoms with Crippen LogP contribution in [-0.4, -0.2) is 14.2 Å². The SMILES string of the molecule is COc1ccc(C2(N)CCCc3ccccc32)cc1OC. The fourth-order valence-electron chi connectivity index (χ4n) is 3.28. The van der Waals surface area contributed by atoms with Crippen LogP contribution in [0.15, 0.2) is 42.5 Å². The molecule has 3 heteroatoms. The van der Waals surface area contributed by atoms with Gasteiger partial charge in [-0.15, -0.1) is 0 Å². The lowest BCUT2D eigenvalue weighted by Crippen LogP contribution is -2.41. The lowest BCUT2D eigenvalue weighted by Gasteiger charge is -2.36. The second-order valence-corrected chi connectivity index (χ2v) is 5.55. The van der Waals surface area contributed by atoms with E-state index in [2.05, 4.69) is 24.3 Å².